The minimum atomic E-state index is -3.56. The van der Waals surface area contributed by atoms with Gasteiger partial charge in [-0.15, -0.1) is 0 Å². The van der Waals surface area contributed by atoms with Gasteiger partial charge in [0.25, 0.3) is 0 Å². The first kappa shape index (κ1) is 20.0. The van der Waals surface area contributed by atoms with Crippen molar-refractivity contribution in [3.05, 3.63) is 36.0 Å². The quantitative estimate of drug-likeness (QED) is 0.515. The molecule has 1 saturated carbocycles. The van der Waals surface area contributed by atoms with Crippen molar-refractivity contribution in [1.82, 2.24) is 14.7 Å². The first-order valence-corrected chi connectivity index (χ1v) is 10.4. The minimum absolute atomic E-state index is 0.173. The van der Waals surface area contributed by atoms with Crippen molar-refractivity contribution in [2.24, 2.45) is 0 Å². The van der Waals surface area contributed by atoms with Crippen LogP contribution in [0.2, 0.25) is 0 Å². The van der Waals surface area contributed by atoms with Crippen LogP contribution >= 0.6 is 0 Å². The summed E-state index contributed by atoms with van der Waals surface area (Å²) in [5.74, 6) is 0.831. The van der Waals surface area contributed by atoms with E-state index >= 15 is 0 Å². The number of nitrogens with one attached hydrogen (secondary N) is 3. The smallest absolute Gasteiger partial charge is 0.240 e. The number of ether oxygens (including phenoxy) is 1. The SMILES string of the molecule is COCCCNS(=O)(=O)c1ccc(Nc2ncc(C#N)c(NC3CC3)n2)cc1. The van der Waals surface area contributed by atoms with Crippen LogP contribution in [0.1, 0.15) is 24.8 Å². The Labute approximate surface area is 164 Å². The summed E-state index contributed by atoms with van der Waals surface area (Å²) < 4.78 is 31.9. The largest absolute Gasteiger partial charge is 0.385 e. The number of hydrogen-bond acceptors (Lipinski definition) is 8. The highest BCUT2D eigenvalue weighted by atomic mass is 32.2. The Kier molecular flexibility index (Phi) is 6.41. The van der Waals surface area contributed by atoms with Crippen molar-refractivity contribution in [1.29, 1.82) is 5.26 Å². The van der Waals surface area contributed by atoms with E-state index in [1.807, 2.05) is 0 Å². The molecule has 1 heterocycles. The number of anilines is 3. The number of methoxy groups -OCH3 is 1. The molecule has 0 radical (unpaired) electrons. The minimum Gasteiger partial charge on any atom is -0.385 e. The monoisotopic (exact) mass is 402 g/mol. The predicted molar refractivity (Wildman–Crippen MR) is 105 cm³/mol. The molecular weight excluding hydrogens is 380 g/mol. The van der Waals surface area contributed by atoms with Gasteiger partial charge in [-0.25, -0.2) is 18.1 Å². The molecule has 3 N–H and O–H groups in total. The van der Waals surface area contributed by atoms with Crippen LogP contribution in [0.4, 0.5) is 17.5 Å². The van der Waals surface area contributed by atoms with Gasteiger partial charge in [0.1, 0.15) is 17.5 Å². The Morgan fingerprint density at radius 2 is 2.04 bits per heavy atom. The molecule has 3 rings (SSSR count). The third-order valence-electron chi connectivity index (χ3n) is 4.07. The van der Waals surface area contributed by atoms with Gasteiger partial charge >= 0.3 is 0 Å². The number of nitrogens with zero attached hydrogens (tertiary/aromatic N) is 3. The lowest BCUT2D eigenvalue weighted by Crippen LogP contribution is -2.25. The molecule has 0 saturated heterocycles. The summed E-state index contributed by atoms with van der Waals surface area (Å²) in [7, 11) is -1.99. The molecule has 0 aliphatic heterocycles. The first-order valence-electron chi connectivity index (χ1n) is 8.91. The van der Waals surface area contributed by atoms with Gasteiger partial charge in [0.15, 0.2) is 0 Å². The highest BCUT2D eigenvalue weighted by Crippen LogP contribution is 2.26. The lowest BCUT2D eigenvalue weighted by Gasteiger charge is -2.10. The fraction of sp³-hybridized carbons (Fsp3) is 0.389. The number of sulfonamides is 1. The van der Waals surface area contributed by atoms with Gasteiger partial charge in [0.05, 0.1) is 11.1 Å². The van der Waals surface area contributed by atoms with Crippen molar-refractivity contribution >= 4 is 27.5 Å². The molecule has 28 heavy (non-hydrogen) atoms. The highest BCUT2D eigenvalue weighted by molar-refractivity contribution is 7.89. The van der Waals surface area contributed by atoms with Crippen LogP contribution in [0.15, 0.2) is 35.4 Å². The summed E-state index contributed by atoms with van der Waals surface area (Å²) in [4.78, 5) is 8.66. The molecule has 1 aliphatic carbocycles. The second-order valence-electron chi connectivity index (χ2n) is 6.38. The molecule has 0 amide bonds. The number of benzene rings is 1. The van der Waals surface area contributed by atoms with Crippen LogP contribution in [0, 0.1) is 11.3 Å². The zero-order valence-corrected chi connectivity index (χ0v) is 16.3. The molecule has 1 fully saturated rings. The van der Waals surface area contributed by atoms with Gasteiger partial charge in [-0.05, 0) is 43.5 Å². The Morgan fingerprint density at radius 1 is 1.29 bits per heavy atom. The Hall–Kier alpha value is -2.74. The van der Waals surface area contributed by atoms with Crippen LogP contribution in [-0.2, 0) is 14.8 Å². The molecule has 1 aromatic carbocycles. The van der Waals surface area contributed by atoms with Crippen molar-refractivity contribution in [2.75, 3.05) is 30.9 Å². The molecule has 0 atom stereocenters. The highest BCUT2D eigenvalue weighted by Gasteiger charge is 2.23. The van der Waals surface area contributed by atoms with Gasteiger partial charge in [0.2, 0.25) is 16.0 Å². The second-order valence-corrected chi connectivity index (χ2v) is 8.15. The Bertz CT molecular complexity index is 952. The number of nitriles is 1. The first-order chi connectivity index (χ1) is 13.5. The average molecular weight is 402 g/mol. The summed E-state index contributed by atoms with van der Waals surface area (Å²) in [5.41, 5.74) is 1.03. The van der Waals surface area contributed by atoms with Crippen LogP contribution < -0.4 is 15.4 Å². The lowest BCUT2D eigenvalue weighted by molar-refractivity contribution is 0.196. The molecular formula is C18H22N6O3S. The van der Waals surface area contributed by atoms with Crippen molar-refractivity contribution in [3.8, 4) is 6.07 Å². The van der Waals surface area contributed by atoms with E-state index in [1.54, 1.807) is 19.2 Å². The zero-order chi connectivity index (χ0) is 20.0. The summed E-state index contributed by atoms with van der Waals surface area (Å²) in [6.07, 6.45) is 4.19. The summed E-state index contributed by atoms with van der Waals surface area (Å²) in [6.45, 7) is 0.805. The number of rotatable bonds is 10. The van der Waals surface area contributed by atoms with E-state index in [0.29, 0.717) is 48.6 Å². The van der Waals surface area contributed by atoms with Crippen molar-refractivity contribution in [3.63, 3.8) is 0 Å². The van der Waals surface area contributed by atoms with Gasteiger partial charge in [-0.3, -0.25) is 0 Å². The van der Waals surface area contributed by atoms with Crippen LogP contribution in [0.5, 0.6) is 0 Å². The molecule has 1 aliphatic rings. The van der Waals surface area contributed by atoms with Crippen LogP contribution in [0.25, 0.3) is 0 Å². The van der Waals surface area contributed by atoms with E-state index in [1.165, 1.54) is 18.3 Å². The Balaban J connectivity index is 1.66. The molecule has 10 heteroatoms. The number of aromatic nitrogens is 2. The fourth-order valence-corrected chi connectivity index (χ4v) is 3.48. The molecule has 9 nitrogen and oxygen atoms in total. The summed E-state index contributed by atoms with van der Waals surface area (Å²) >= 11 is 0. The van der Waals surface area contributed by atoms with Gasteiger partial charge in [-0.2, -0.15) is 10.2 Å². The standard InChI is InChI=1S/C18H22N6O3S/c1-27-10-2-9-21-28(25,26)16-7-5-15(6-8-16)23-18-20-12-13(11-19)17(24-18)22-14-3-4-14/h5-8,12,14,21H,2-4,9-10H2,1H3,(H2,20,22,23,24). The van der Waals surface area contributed by atoms with E-state index in [2.05, 4.69) is 31.4 Å². The van der Waals surface area contributed by atoms with E-state index in [-0.39, 0.29) is 4.90 Å². The Morgan fingerprint density at radius 3 is 2.68 bits per heavy atom. The van der Waals surface area contributed by atoms with E-state index in [0.717, 1.165) is 12.8 Å². The maximum Gasteiger partial charge on any atom is 0.240 e. The molecule has 0 bridgehead atoms. The maximum atomic E-state index is 12.3. The van der Waals surface area contributed by atoms with Gasteiger partial charge in [-0.1, -0.05) is 0 Å². The molecule has 2 aromatic rings. The molecule has 0 spiro atoms. The van der Waals surface area contributed by atoms with E-state index < -0.39 is 10.0 Å². The van der Waals surface area contributed by atoms with Crippen molar-refractivity contribution in [2.45, 2.75) is 30.2 Å². The van der Waals surface area contributed by atoms with Crippen LogP contribution in [-0.4, -0.2) is 44.7 Å². The van der Waals surface area contributed by atoms with Crippen molar-refractivity contribution < 1.29 is 13.2 Å². The topological polar surface area (TPSA) is 129 Å². The lowest BCUT2D eigenvalue weighted by atomic mass is 10.3. The second kappa shape index (κ2) is 8.97. The summed E-state index contributed by atoms with van der Waals surface area (Å²) in [5, 5.41) is 15.4. The fourth-order valence-electron chi connectivity index (χ4n) is 2.41. The molecule has 1 aromatic heterocycles. The normalized spacial score (nSPS) is 13.7. The molecule has 148 valence electrons. The summed E-state index contributed by atoms with van der Waals surface area (Å²) in [6, 6.07) is 8.72. The predicted octanol–water partition coefficient (Wildman–Crippen LogP) is 1.98. The van der Waals surface area contributed by atoms with E-state index in [4.69, 9.17) is 4.74 Å². The third kappa shape index (κ3) is 5.39. The number of hydrogen-bond donors (Lipinski definition) is 3. The van der Waals surface area contributed by atoms with Gasteiger partial charge < -0.3 is 15.4 Å². The van der Waals surface area contributed by atoms with Gasteiger partial charge in [0, 0.05) is 32.0 Å². The van der Waals surface area contributed by atoms with E-state index in [9.17, 15) is 13.7 Å². The average Bonchev–Trinajstić information content (AvgIpc) is 3.50. The maximum absolute atomic E-state index is 12.3. The third-order valence-corrected chi connectivity index (χ3v) is 5.54. The zero-order valence-electron chi connectivity index (χ0n) is 15.5. The molecule has 0 unspecified atom stereocenters. The van der Waals surface area contributed by atoms with Crippen LogP contribution in [0.3, 0.4) is 0 Å².